The smallest absolute Gasteiger partial charge is 0.243 e. The van der Waals surface area contributed by atoms with Crippen LogP contribution in [0.3, 0.4) is 0 Å². The first kappa shape index (κ1) is 17.4. The molecule has 3 rings (SSSR count). The average molecular weight is 360 g/mol. The average Bonchev–Trinajstić information content (AvgIpc) is 3.38. The van der Waals surface area contributed by atoms with Gasteiger partial charge in [0.2, 0.25) is 11.8 Å². The molecule has 2 aromatic heterocycles. The molecule has 6 nitrogen and oxygen atoms in total. The predicted octanol–water partition coefficient (Wildman–Crippen LogP) is 2.61. The summed E-state index contributed by atoms with van der Waals surface area (Å²) < 4.78 is 5.19. The zero-order valence-electron chi connectivity index (χ0n) is 13.8. The Hall–Kier alpha value is -2.41. The first-order valence-corrected chi connectivity index (χ1v) is 9.19. The molecule has 1 N–H and O–H groups in total. The number of furan rings is 1. The van der Waals surface area contributed by atoms with Crippen LogP contribution in [0.25, 0.3) is 0 Å². The number of carbonyl (C=O) groups excluding carboxylic acids is 3. The highest BCUT2D eigenvalue weighted by molar-refractivity contribution is 7.12. The molecule has 0 saturated carbocycles. The number of rotatable bonds is 7. The summed E-state index contributed by atoms with van der Waals surface area (Å²) in [6.45, 7) is 0.867. The number of hydrogen-bond acceptors (Lipinski definition) is 5. The highest BCUT2D eigenvalue weighted by Gasteiger charge is 2.33. The molecule has 1 fully saturated rings. The molecule has 0 spiro atoms. The van der Waals surface area contributed by atoms with Gasteiger partial charge in [-0.3, -0.25) is 14.4 Å². The minimum absolute atomic E-state index is 0.0265. The Morgan fingerprint density at radius 3 is 2.84 bits per heavy atom. The summed E-state index contributed by atoms with van der Waals surface area (Å²) in [6.07, 6.45) is 3.31. The minimum Gasteiger partial charge on any atom is -0.467 e. The van der Waals surface area contributed by atoms with Crippen molar-refractivity contribution in [1.82, 2.24) is 10.2 Å². The van der Waals surface area contributed by atoms with E-state index in [9.17, 15) is 14.4 Å². The fourth-order valence-corrected chi connectivity index (χ4v) is 3.66. The van der Waals surface area contributed by atoms with Gasteiger partial charge < -0.3 is 14.6 Å². The van der Waals surface area contributed by atoms with Crippen molar-refractivity contribution < 1.29 is 18.8 Å². The number of nitrogens with zero attached hydrogens (tertiary/aromatic N) is 1. The molecule has 0 aliphatic carbocycles. The van der Waals surface area contributed by atoms with E-state index in [0.29, 0.717) is 30.1 Å². The van der Waals surface area contributed by atoms with Gasteiger partial charge in [-0.15, -0.1) is 11.3 Å². The van der Waals surface area contributed by atoms with Gasteiger partial charge in [0.05, 0.1) is 17.7 Å². The molecular formula is C18H20N2O4S. The van der Waals surface area contributed by atoms with Crippen LogP contribution in [0.5, 0.6) is 0 Å². The minimum atomic E-state index is -0.459. The number of likely N-dealkylation sites (tertiary alicyclic amines) is 1. The highest BCUT2D eigenvalue weighted by atomic mass is 32.1. The van der Waals surface area contributed by atoms with Gasteiger partial charge in [-0.1, -0.05) is 6.07 Å². The van der Waals surface area contributed by atoms with E-state index in [2.05, 4.69) is 5.32 Å². The van der Waals surface area contributed by atoms with Gasteiger partial charge in [0.1, 0.15) is 11.8 Å². The Morgan fingerprint density at radius 1 is 1.24 bits per heavy atom. The predicted molar refractivity (Wildman–Crippen MR) is 93.2 cm³/mol. The van der Waals surface area contributed by atoms with Crippen molar-refractivity contribution in [2.75, 3.05) is 6.54 Å². The first-order chi connectivity index (χ1) is 12.1. The van der Waals surface area contributed by atoms with Crippen molar-refractivity contribution in [2.24, 2.45) is 0 Å². The maximum atomic E-state index is 12.4. The second-order valence-corrected chi connectivity index (χ2v) is 6.89. The molecule has 25 heavy (non-hydrogen) atoms. The normalized spacial score (nSPS) is 16.8. The highest BCUT2D eigenvalue weighted by Crippen LogP contribution is 2.20. The van der Waals surface area contributed by atoms with Gasteiger partial charge in [-0.2, -0.15) is 0 Å². The van der Waals surface area contributed by atoms with Crippen molar-refractivity contribution in [1.29, 1.82) is 0 Å². The van der Waals surface area contributed by atoms with E-state index >= 15 is 0 Å². The van der Waals surface area contributed by atoms with Crippen LogP contribution >= 0.6 is 11.3 Å². The summed E-state index contributed by atoms with van der Waals surface area (Å²) in [5.74, 6) is 0.333. The Labute approximate surface area is 149 Å². The lowest BCUT2D eigenvalue weighted by Gasteiger charge is -2.23. The maximum absolute atomic E-state index is 12.4. The van der Waals surface area contributed by atoms with Crippen LogP contribution in [0.4, 0.5) is 0 Å². The quantitative estimate of drug-likeness (QED) is 0.770. The van der Waals surface area contributed by atoms with Gasteiger partial charge >= 0.3 is 0 Å². The van der Waals surface area contributed by atoms with Crippen LogP contribution in [-0.2, 0) is 16.1 Å². The van der Waals surface area contributed by atoms with Crippen LogP contribution in [-0.4, -0.2) is 35.1 Å². The number of thiophene rings is 1. The zero-order valence-corrected chi connectivity index (χ0v) is 14.6. The van der Waals surface area contributed by atoms with E-state index < -0.39 is 6.04 Å². The standard InChI is InChI=1S/C18H20N2O4S/c21-15(16-6-3-11-25-16)7-8-17(22)20-9-1-5-14(20)18(23)19-12-13-4-2-10-24-13/h2-4,6,10-11,14H,1,5,7-9,12H2,(H,19,23). The van der Waals surface area contributed by atoms with Gasteiger partial charge in [0.15, 0.2) is 5.78 Å². The number of nitrogens with one attached hydrogen (secondary N) is 1. The van der Waals surface area contributed by atoms with Crippen molar-refractivity contribution in [3.63, 3.8) is 0 Å². The van der Waals surface area contributed by atoms with E-state index in [-0.39, 0.29) is 30.4 Å². The third-order valence-corrected chi connectivity index (χ3v) is 5.17. The number of hydrogen-bond donors (Lipinski definition) is 1. The molecule has 0 bridgehead atoms. The molecule has 0 aromatic carbocycles. The molecule has 132 valence electrons. The molecule has 2 amide bonds. The van der Waals surface area contributed by atoms with Crippen LogP contribution in [0.1, 0.15) is 41.1 Å². The van der Waals surface area contributed by atoms with Gasteiger partial charge in [-0.25, -0.2) is 0 Å². The SMILES string of the molecule is O=C(CCC(=O)N1CCCC1C(=O)NCc1ccco1)c1cccs1. The molecule has 1 atom stereocenters. The molecule has 1 saturated heterocycles. The number of Topliss-reactive ketones (excluding diaryl/α,β-unsaturated/α-hetero) is 1. The van der Waals surface area contributed by atoms with Crippen molar-refractivity contribution >= 4 is 28.9 Å². The summed E-state index contributed by atoms with van der Waals surface area (Å²) in [4.78, 5) is 39.1. The third-order valence-electron chi connectivity index (χ3n) is 4.25. The zero-order chi connectivity index (χ0) is 17.6. The summed E-state index contributed by atoms with van der Waals surface area (Å²) in [5, 5.41) is 4.65. The topological polar surface area (TPSA) is 79.6 Å². The summed E-state index contributed by atoms with van der Waals surface area (Å²) in [7, 11) is 0. The molecule has 1 aliphatic heterocycles. The molecule has 7 heteroatoms. The van der Waals surface area contributed by atoms with Gasteiger partial charge in [0.25, 0.3) is 0 Å². The van der Waals surface area contributed by atoms with Crippen molar-refractivity contribution in [3.8, 4) is 0 Å². The van der Waals surface area contributed by atoms with Crippen LogP contribution in [0, 0.1) is 0 Å². The Morgan fingerprint density at radius 2 is 2.12 bits per heavy atom. The lowest BCUT2D eigenvalue weighted by Crippen LogP contribution is -2.45. The van der Waals surface area contributed by atoms with Crippen molar-refractivity contribution in [3.05, 3.63) is 46.5 Å². The van der Waals surface area contributed by atoms with Gasteiger partial charge in [0, 0.05) is 19.4 Å². The first-order valence-electron chi connectivity index (χ1n) is 8.31. The number of amides is 2. The van der Waals surface area contributed by atoms with E-state index in [1.54, 1.807) is 29.4 Å². The Balaban J connectivity index is 1.50. The Bertz CT molecular complexity index is 724. The molecule has 3 heterocycles. The van der Waals surface area contributed by atoms with Crippen LogP contribution < -0.4 is 5.32 Å². The Kier molecular flexibility index (Phi) is 5.65. The van der Waals surface area contributed by atoms with Crippen molar-refractivity contribution in [2.45, 2.75) is 38.3 Å². The third kappa shape index (κ3) is 4.36. The van der Waals surface area contributed by atoms with E-state index in [1.807, 2.05) is 11.4 Å². The molecular weight excluding hydrogens is 340 g/mol. The molecule has 1 unspecified atom stereocenters. The van der Waals surface area contributed by atoms with Crippen LogP contribution in [0.15, 0.2) is 40.3 Å². The lowest BCUT2D eigenvalue weighted by atomic mass is 10.1. The molecule has 0 radical (unpaired) electrons. The maximum Gasteiger partial charge on any atom is 0.243 e. The fraction of sp³-hybridized carbons (Fsp3) is 0.389. The van der Waals surface area contributed by atoms with Gasteiger partial charge in [-0.05, 0) is 36.4 Å². The number of carbonyl (C=O) groups is 3. The van der Waals surface area contributed by atoms with E-state index in [0.717, 1.165) is 6.42 Å². The largest absolute Gasteiger partial charge is 0.467 e. The fourth-order valence-electron chi connectivity index (χ4n) is 2.97. The molecule has 1 aliphatic rings. The summed E-state index contributed by atoms with van der Waals surface area (Å²) in [5.41, 5.74) is 0. The monoisotopic (exact) mass is 360 g/mol. The second kappa shape index (κ2) is 8.11. The molecule has 2 aromatic rings. The second-order valence-electron chi connectivity index (χ2n) is 5.94. The summed E-state index contributed by atoms with van der Waals surface area (Å²) in [6, 6.07) is 6.67. The van der Waals surface area contributed by atoms with E-state index in [4.69, 9.17) is 4.42 Å². The van der Waals surface area contributed by atoms with E-state index in [1.165, 1.54) is 11.3 Å². The number of ketones is 1. The summed E-state index contributed by atoms with van der Waals surface area (Å²) >= 11 is 1.38. The lowest BCUT2D eigenvalue weighted by molar-refractivity contribution is -0.138. The van der Waals surface area contributed by atoms with Crippen LogP contribution in [0.2, 0.25) is 0 Å².